The van der Waals surface area contributed by atoms with E-state index in [-0.39, 0.29) is 0 Å². The van der Waals surface area contributed by atoms with Crippen LogP contribution in [0, 0.1) is 5.92 Å². The highest BCUT2D eigenvalue weighted by atomic mass is 16.5. The molecular weight excluding hydrogens is 266 g/mol. The fourth-order valence-electron chi connectivity index (χ4n) is 3.16. The topological polar surface area (TPSA) is 36.0 Å². The van der Waals surface area contributed by atoms with Crippen molar-refractivity contribution < 1.29 is 9.53 Å². The first kappa shape index (κ1) is 16.7. The zero-order chi connectivity index (χ0) is 15.1. The van der Waals surface area contributed by atoms with Gasteiger partial charge < -0.3 is 19.4 Å². The number of rotatable bonds is 6. The second-order valence-corrected chi connectivity index (χ2v) is 6.62. The zero-order valence-corrected chi connectivity index (χ0v) is 13.7. The summed E-state index contributed by atoms with van der Waals surface area (Å²) in [5.41, 5.74) is 0. The highest BCUT2D eigenvalue weighted by Crippen LogP contribution is 2.20. The number of nitrogens with zero attached hydrogens (tertiary/aromatic N) is 3. The molecule has 5 heteroatoms. The van der Waals surface area contributed by atoms with E-state index in [0.717, 1.165) is 38.6 Å². The smallest absolute Gasteiger partial charge is 0.224 e. The number of hydrogen-bond acceptors (Lipinski definition) is 4. The van der Waals surface area contributed by atoms with E-state index in [4.69, 9.17) is 4.74 Å². The van der Waals surface area contributed by atoms with E-state index in [1.54, 1.807) is 0 Å². The van der Waals surface area contributed by atoms with Crippen LogP contribution in [-0.4, -0.2) is 87.2 Å². The maximum atomic E-state index is 12.1. The molecule has 0 unspecified atom stereocenters. The monoisotopic (exact) mass is 297 g/mol. The minimum absolute atomic E-state index is 0.299. The molecule has 0 radical (unpaired) electrons. The van der Waals surface area contributed by atoms with Gasteiger partial charge in [-0.3, -0.25) is 4.79 Å². The second kappa shape index (κ2) is 8.71. The van der Waals surface area contributed by atoms with Crippen LogP contribution in [0.1, 0.15) is 25.7 Å². The molecule has 2 aliphatic rings. The van der Waals surface area contributed by atoms with E-state index in [0.29, 0.717) is 25.5 Å². The molecule has 0 aromatic heterocycles. The largest absolute Gasteiger partial charge is 0.378 e. The lowest BCUT2D eigenvalue weighted by molar-refractivity contribution is -0.135. The Bertz CT molecular complexity index is 309. The van der Waals surface area contributed by atoms with Gasteiger partial charge in [0.05, 0.1) is 13.2 Å². The summed E-state index contributed by atoms with van der Waals surface area (Å²) >= 11 is 0. The van der Waals surface area contributed by atoms with Gasteiger partial charge in [0, 0.05) is 26.1 Å². The second-order valence-electron chi connectivity index (χ2n) is 6.62. The van der Waals surface area contributed by atoms with Crippen molar-refractivity contribution >= 4 is 5.91 Å². The molecule has 21 heavy (non-hydrogen) atoms. The summed E-state index contributed by atoms with van der Waals surface area (Å²) in [5, 5.41) is 0. The zero-order valence-electron chi connectivity index (χ0n) is 13.7. The van der Waals surface area contributed by atoms with Gasteiger partial charge in [0.25, 0.3) is 0 Å². The van der Waals surface area contributed by atoms with Gasteiger partial charge in [-0.05, 0) is 58.9 Å². The normalized spacial score (nSPS) is 22.0. The van der Waals surface area contributed by atoms with Crippen LogP contribution in [0.3, 0.4) is 0 Å². The minimum Gasteiger partial charge on any atom is -0.378 e. The van der Waals surface area contributed by atoms with E-state index >= 15 is 0 Å². The van der Waals surface area contributed by atoms with Gasteiger partial charge in [-0.2, -0.15) is 0 Å². The number of piperidine rings is 1. The molecule has 0 atom stereocenters. The number of hydrogen-bond donors (Lipinski definition) is 0. The van der Waals surface area contributed by atoms with Gasteiger partial charge in [-0.1, -0.05) is 0 Å². The molecule has 2 rings (SSSR count). The van der Waals surface area contributed by atoms with Crippen LogP contribution in [0.4, 0.5) is 0 Å². The maximum Gasteiger partial charge on any atom is 0.224 e. The Hall–Kier alpha value is -0.650. The molecule has 0 aromatic rings. The predicted molar refractivity (Wildman–Crippen MR) is 84.4 cm³/mol. The van der Waals surface area contributed by atoms with Gasteiger partial charge in [0.2, 0.25) is 5.91 Å². The molecule has 0 bridgehead atoms. The molecule has 0 N–H and O–H groups in total. The number of carbonyl (C=O) groups is 1. The van der Waals surface area contributed by atoms with Crippen molar-refractivity contribution in [1.29, 1.82) is 0 Å². The summed E-state index contributed by atoms with van der Waals surface area (Å²) in [4.78, 5) is 18.8. The third-order valence-electron chi connectivity index (χ3n) is 4.70. The molecule has 2 heterocycles. The van der Waals surface area contributed by atoms with Crippen molar-refractivity contribution in [2.24, 2.45) is 5.92 Å². The van der Waals surface area contributed by atoms with E-state index in [2.05, 4.69) is 23.9 Å². The van der Waals surface area contributed by atoms with Gasteiger partial charge in [0.1, 0.15) is 0 Å². The van der Waals surface area contributed by atoms with Gasteiger partial charge in [-0.25, -0.2) is 0 Å². The Kier molecular flexibility index (Phi) is 6.93. The van der Waals surface area contributed by atoms with Crippen molar-refractivity contribution in [3.63, 3.8) is 0 Å². The van der Waals surface area contributed by atoms with Crippen molar-refractivity contribution in [3.8, 4) is 0 Å². The molecule has 0 aliphatic carbocycles. The Morgan fingerprint density at radius 1 is 1.14 bits per heavy atom. The van der Waals surface area contributed by atoms with Crippen molar-refractivity contribution in [3.05, 3.63) is 0 Å². The van der Waals surface area contributed by atoms with Gasteiger partial charge in [-0.15, -0.1) is 0 Å². The summed E-state index contributed by atoms with van der Waals surface area (Å²) in [6.45, 7) is 7.38. The summed E-state index contributed by atoms with van der Waals surface area (Å²) in [6, 6.07) is 0. The van der Waals surface area contributed by atoms with Gasteiger partial charge >= 0.3 is 0 Å². The first-order valence-electron chi connectivity index (χ1n) is 8.38. The van der Waals surface area contributed by atoms with Crippen LogP contribution in [0.15, 0.2) is 0 Å². The molecule has 0 spiro atoms. The molecule has 1 amide bonds. The minimum atomic E-state index is 0.299. The summed E-state index contributed by atoms with van der Waals surface area (Å²) in [5.74, 6) is 1.17. The molecule has 2 aliphatic heterocycles. The highest BCUT2D eigenvalue weighted by Gasteiger charge is 2.21. The summed E-state index contributed by atoms with van der Waals surface area (Å²) < 4.78 is 5.29. The Balaban J connectivity index is 1.59. The van der Waals surface area contributed by atoms with Crippen LogP contribution in [-0.2, 0) is 9.53 Å². The lowest BCUT2D eigenvalue weighted by Gasteiger charge is -2.33. The number of likely N-dealkylation sites (tertiary alicyclic amines) is 1. The molecule has 5 nitrogen and oxygen atoms in total. The van der Waals surface area contributed by atoms with Crippen LogP contribution in [0.2, 0.25) is 0 Å². The quantitative estimate of drug-likeness (QED) is 0.730. The Morgan fingerprint density at radius 2 is 1.81 bits per heavy atom. The number of ether oxygens (including phenoxy) is 1. The Labute approximate surface area is 129 Å². The van der Waals surface area contributed by atoms with Crippen LogP contribution < -0.4 is 0 Å². The van der Waals surface area contributed by atoms with Crippen molar-refractivity contribution in [1.82, 2.24) is 14.7 Å². The standard InChI is InChI=1S/C16H31N3O2/c1-17(2)7-3-15-4-8-18(9-5-15)10-6-16(20)19-11-13-21-14-12-19/h15H,3-14H2,1-2H3. The van der Waals surface area contributed by atoms with Gasteiger partial charge in [0.15, 0.2) is 0 Å². The van der Waals surface area contributed by atoms with Crippen molar-refractivity contribution in [2.45, 2.75) is 25.7 Å². The van der Waals surface area contributed by atoms with E-state index in [1.165, 1.54) is 25.8 Å². The number of carbonyl (C=O) groups excluding carboxylic acids is 1. The van der Waals surface area contributed by atoms with E-state index in [9.17, 15) is 4.79 Å². The average molecular weight is 297 g/mol. The van der Waals surface area contributed by atoms with Crippen LogP contribution in [0.5, 0.6) is 0 Å². The third-order valence-corrected chi connectivity index (χ3v) is 4.70. The third kappa shape index (κ3) is 5.93. The number of amides is 1. The first-order valence-corrected chi connectivity index (χ1v) is 8.38. The highest BCUT2D eigenvalue weighted by molar-refractivity contribution is 5.76. The summed E-state index contributed by atoms with van der Waals surface area (Å²) in [6.07, 6.45) is 4.56. The molecular formula is C16H31N3O2. The van der Waals surface area contributed by atoms with E-state index in [1.807, 2.05) is 4.90 Å². The lowest BCUT2D eigenvalue weighted by atomic mass is 9.93. The summed E-state index contributed by atoms with van der Waals surface area (Å²) in [7, 11) is 4.29. The van der Waals surface area contributed by atoms with Crippen LogP contribution in [0.25, 0.3) is 0 Å². The molecule has 2 saturated heterocycles. The average Bonchev–Trinajstić information content (AvgIpc) is 2.52. The fourth-order valence-corrected chi connectivity index (χ4v) is 3.16. The predicted octanol–water partition coefficient (Wildman–Crippen LogP) is 0.899. The maximum absolute atomic E-state index is 12.1. The van der Waals surface area contributed by atoms with Crippen LogP contribution >= 0.6 is 0 Å². The van der Waals surface area contributed by atoms with E-state index < -0.39 is 0 Å². The Morgan fingerprint density at radius 3 is 2.43 bits per heavy atom. The first-order chi connectivity index (χ1) is 10.1. The molecule has 0 aromatic carbocycles. The molecule has 0 saturated carbocycles. The lowest BCUT2D eigenvalue weighted by Crippen LogP contribution is -2.43. The SMILES string of the molecule is CN(C)CCC1CCN(CCC(=O)N2CCOCC2)CC1. The molecule has 122 valence electrons. The molecule has 2 fully saturated rings. The number of morpholine rings is 1. The van der Waals surface area contributed by atoms with Crippen molar-refractivity contribution in [2.75, 3.05) is 66.6 Å². The fraction of sp³-hybridized carbons (Fsp3) is 0.938.